The van der Waals surface area contributed by atoms with E-state index in [2.05, 4.69) is 36.1 Å². The summed E-state index contributed by atoms with van der Waals surface area (Å²) in [5, 5.41) is 4.11. The zero-order valence-electron chi connectivity index (χ0n) is 9.76. The van der Waals surface area contributed by atoms with Gasteiger partial charge in [-0.1, -0.05) is 18.5 Å². The van der Waals surface area contributed by atoms with Gasteiger partial charge in [0.25, 0.3) is 0 Å². The highest BCUT2D eigenvalue weighted by Crippen LogP contribution is 2.22. The lowest BCUT2D eigenvalue weighted by Gasteiger charge is -2.22. The predicted octanol–water partition coefficient (Wildman–Crippen LogP) is 3.06. The molecule has 0 radical (unpaired) electrons. The Balaban J connectivity index is 2.46. The summed E-state index contributed by atoms with van der Waals surface area (Å²) in [6.45, 7) is 7.21. The number of benzene rings is 1. The molecule has 86 valence electrons. The van der Waals surface area contributed by atoms with Gasteiger partial charge in [-0.2, -0.15) is 0 Å². The van der Waals surface area contributed by atoms with Crippen molar-refractivity contribution in [3.63, 3.8) is 0 Å². The third-order valence-electron chi connectivity index (χ3n) is 2.65. The molecular formula is C12H16ClN3. The third-order valence-corrected chi connectivity index (χ3v) is 2.89. The standard InChI is InChI=1S/C12H16ClN3/c1-4-14-12(2,3)11-15-9-6-5-8(13)7-10(9)16-11/h5-7,14H,4H2,1-3H3,(H,15,16). The molecule has 3 nitrogen and oxygen atoms in total. The van der Waals surface area contributed by atoms with Gasteiger partial charge < -0.3 is 10.3 Å². The van der Waals surface area contributed by atoms with Crippen LogP contribution in [0.25, 0.3) is 11.0 Å². The van der Waals surface area contributed by atoms with Crippen molar-refractivity contribution in [2.24, 2.45) is 0 Å². The van der Waals surface area contributed by atoms with Crippen molar-refractivity contribution in [1.29, 1.82) is 0 Å². The molecule has 0 spiro atoms. The first-order chi connectivity index (χ1) is 7.53. The van der Waals surface area contributed by atoms with Crippen LogP contribution in [0.2, 0.25) is 5.02 Å². The molecule has 16 heavy (non-hydrogen) atoms. The van der Waals surface area contributed by atoms with Crippen molar-refractivity contribution in [3.05, 3.63) is 29.0 Å². The average molecular weight is 238 g/mol. The van der Waals surface area contributed by atoms with E-state index in [0.717, 1.165) is 28.4 Å². The highest BCUT2D eigenvalue weighted by molar-refractivity contribution is 6.31. The Bertz CT molecular complexity index is 502. The summed E-state index contributed by atoms with van der Waals surface area (Å²) >= 11 is 5.94. The van der Waals surface area contributed by atoms with E-state index in [-0.39, 0.29) is 5.54 Å². The first-order valence-electron chi connectivity index (χ1n) is 5.43. The van der Waals surface area contributed by atoms with Crippen molar-refractivity contribution < 1.29 is 0 Å². The predicted molar refractivity (Wildman–Crippen MR) is 67.8 cm³/mol. The number of H-pyrrole nitrogens is 1. The van der Waals surface area contributed by atoms with Gasteiger partial charge in [-0.05, 0) is 38.6 Å². The second kappa shape index (κ2) is 4.07. The van der Waals surface area contributed by atoms with Crippen LogP contribution in [0, 0.1) is 0 Å². The van der Waals surface area contributed by atoms with Crippen molar-refractivity contribution in [2.45, 2.75) is 26.3 Å². The fourth-order valence-corrected chi connectivity index (χ4v) is 1.98. The minimum Gasteiger partial charge on any atom is -0.340 e. The van der Waals surface area contributed by atoms with Crippen LogP contribution in [0.4, 0.5) is 0 Å². The molecule has 0 unspecified atom stereocenters. The lowest BCUT2D eigenvalue weighted by Crippen LogP contribution is -2.37. The third kappa shape index (κ3) is 2.06. The number of imidazole rings is 1. The van der Waals surface area contributed by atoms with Crippen LogP contribution in [0.5, 0.6) is 0 Å². The van der Waals surface area contributed by atoms with E-state index < -0.39 is 0 Å². The fraction of sp³-hybridized carbons (Fsp3) is 0.417. The van der Waals surface area contributed by atoms with E-state index in [1.54, 1.807) is 0 Å². The van der Waals surface area contributed by atoms with E-state index in [1.807, 2.05) is 18.2 Å². The molecule has 1 aromatic heterocycles. The lowest BCUT2D eigenvalue weighted by atomic mass is 10.1. The Labute approximate surface area is 100 Å². The molecule has 0 bridgehead atoms. The number of hydrogen-bond acceptors (Lipinski definition) is 2. The monoisotopic (exact) mass is 237 g/mol. The van der Waals surface area contributed by atoms with Crippen molar-refractivity contribution in [3.8, 4) is 0 Å². The maximum atomic E-state index is 5.94. The minimum atomic E-state index is -0.153. The number of hydrogen-bond donors (Lipinski definition) is 2. The first-order valence-corrected chi connectivity index (χ1v) is 5.81. The van der Waals surface area contributed by atoms with E-state index in [9.17, 15) is 0 Å². The van der Waals surface area contributed by atoms with Gasteiger partial charge in [0.15, 0.2) is 0 Å². The topological polar surface area (TPSA) is 40.7 Å². The maximum absolute atomic E-state index is 5.94. The largest absolute Gasteiger partial charge is 0.340 e. The normalized spacial score (nSPS) is 12.2. The number of aromatic nitrogens is 2. The number of nitrogens with one attached hydrogen (secondary N) is 2. The van der Waals surface area contributed by atoms with Crippen LogP contribution in [-0.4, -0.2) is 16.5 Å². The SMILES string of the molecule is CCNC(C)(C)c1nc2ccc(Cl)cc2[nH]1. The van der Waals surface area contributed by atoms with E-state index in [0.29, 0.717) is 0 Å². The molecule has 2 aromatic rings. The summed E-state index contributed by atoms with van der Waals surface area (Å²) in [4.78, 5) is 7.87. The maximum Gasteiger partial charge on any atom is 0.127 e. The number of nitrogens with zero attached hydrogens (tertiary/aromatic N) is 1. The molecule has 1 heterocycles. The first kappa shape index (κ1) is 11.4. The summed E-state index contributed by atoms with van der Waals surface area (Å²) in [5.74, 6) is 0.937. The molecule has 2 rings (SSSR count). The zero-order chi connectivity index (χ0) is 11.8. The van der Waals surface area contributed by atoms with E-state index in [4.69, 9.17) is 11.6 Å². The molecule has 0 amide bonds. The van der Waals surface area contributed by atoms with Crippen molar-refractivity contribution in [2.75, 3.05) is 6.54 Å². The van der Waals surface area contributed by atoms with Crippen LogP contribution in [-0.2, 0) is 5.54 Å². The number of halogens is 1. The molecule has 0 saturated heterocycles. The Kier molecular flexibility index (Phi) is 2.91. The Morgan fingerprint density at radius 2 is 2.19 bits per heavy atom. The summed E-state index contributed by atoms with van der Waals surface area (Å²) < 4.78 is 0. The summed E-state index contributed by atoms with van der Waals surface area (Å²) in [6.07, 6.45) is 0. The van der Waals surface area contributed by atoms with Crippen molar-refractivity contribution >= 4 is 22.6 Å². The molecular weight excluding hydrogens is 222 g/mol. The molecule has 0 fully saturated rings. The second-order valence-electron chi connectivity index (χ2n) is 4.40. The Morgan fingerprint density at radius 1 is 1.44 bits per heavy atom. The smallest absolute Gasteiger partial charge is 0.127 e. The van der Waals surface area contributed by atoms with Gasteiger partial charge >= 0.3 is 0 Å². The number of rotatable bonds is 3. The molecule has 2 N–H and O–H groups in total. The summed E-state index contributed by atoms with van der Waals surface area (Å²) in [7, 11) is 0. The van der Waals surface area contributed by atoms with Crippen LogP contribution < -0.4 is 5.32 Å². The van der Waals surface area contributed by atoms with Crippen LogP contribution in [0.1, 0.15) is 26.6 Å². The zero-order valence-corrected chi connectivity index (χ0v) is 10.5. The molecule has 0 aliphatic carbocycles. The second-order valence-corrected chi connectivity index (χ2v) is 4.84. The lowest BCUT2D eigenvalue weighted by molar-refractivity contribution is 0.395. The van der Waals surface area contributed by atoms with Crippen LogP contribution >= 0.6 is 11.6 Å². The van der Waals surface area contributed by atoms with Gasteiger partial charge in [0, 0.05) is 5.02 Å². The molecule has 0 aliphatic heterocycles. The summed E-state index contributed by atoms with van der Waals surface area (Å²) in [6, 6.07) is 5.68. The number of fused-ring (bicyclic) bond motifs is 1. The molecule has 0 saturated carbocycles. The van der Waals surface area contributed by atoms with E-state index >= 15 is 0 Å². The van der Waals surface area contributed by atoms with Gasteiger partial charge in [0.1, 0.15) is 5.82 Å². The van der Waals surface area contributed by atoms with E-state index in [1.165, 1.54) is 0 Å². The molecule has 0 atom stereocenters. The highest BCUT2D eigenvalue weighted by atomic mass is 35.5. The van der Waals surface area contributed by atoms with Gasteiger partial charge in [-0.15, -0.1) is 0 Å². The average Bonchev–Trinajstić information content (AvgIpc) is 2.61. The Morgan fingerprint density at radius 3 is 2.88 bits per heavy atom. The molecule has 4 heteroatoms. The van der Waals surface area contributed by atoms with Gasteiger partial charge in [0.2, 0.25) is 0 Å². The molecule has 1 aromatic carbocycles. The van der Waals surface area contributed by atoms with Gasteiger partial charge in [-0.25, -0.2) is 4.98 Å². The minimum absolute atomic E-state index is 0.153. The fourth-order valence-electron chi connectivity index (χ4n) is 1.80. The summed E-state index contributed by atoms with van der Waals surface area (Å²) in [5.41, 5.74) is 1.78. The quantitative estimate of drug-likeness (QED) is 0.862. The van der Waals surface area contributed by atoms with Gasteiger partial charge in [-0.3, -0.25) is 0 Å². The number of aromatic amines is 1. The van der Waals surface area contributed by atoms with Gasteiger partial charge in [0.05, 0.1) is 16.6 Å². The van der Waals surface area contributed by atoms with Crippen molar-refractivity contribution in [1.82, 2.24) is 15.3 Å². The van der Waals surface area contributed by atoms with Crippen LogP contribution in [0.15, 0.2) is 18.2 Å². The molecule has 0 aliphatic rings. The van der Waals surface area contributed by atoms with Crippen LogP contribution in [0.3, 0.4) is 0 Å². The Hall–Kier alpha value is -1.06. The highest BCUT2D eigenvalue weighted by Gasteiger charge is 2.22.